The molecule has 166 valence electrons. The molecule has 30 heavy (non-hydrogen) atoms. The van der Waals surface area contributed by atoms with Crippen molar-refractivity contribution in [3.63, 3.8) is 0 Å². The van der Waals surface area contributed by atoms with E-state index >= 15 is 0 Å². The molecule has 0 unspecified atom stereocenters. The van der Waals surface area contributed by atoms with Gasteiger partial charge in [0.1, 0.15) is 0 Å². The predicted octanol–water partition coefficient (Wildman–Crippen LogP) is 7.88. The Morgan fingerprint density at radius 1 is 1.00 bits per heavy atom. The Kier molecular flexibility index (Phi) is 8.03. The first-order valence-corrected chi connectivity index (χ1v) is 16.8. The second-order valence-electron chi connectivity index (χ2n) is 11.4. The van der Waals surface area contributed by atoms with Crippen molar-refractivity contribution in [2.75, 3.05) is 0 Å². The van der Waals surface area contributed by atoms with Gasteiger partial charge in [0.2, 0.25) is 0 Å². The summed E-state index contributed by atoms with van der Waals surface area (Å²) in [7, 11) is -1.61. The van der Waals surface area contributed by atoms with Crippen molar-refractivity contribution in [1.82, 2.24) is 0 Å². The Labute approximate surface area is 193 Å². The zero-order chi connectivity index (χ0) is 22.9. The molecule has 0 fully saturated rings. The van der Waals surface area contributed by atoms with Crippen LogP contribution in [-0.4, -0.2) is 11.9 Å². The van der Waals surface area contributed by atoms with Gasteiger partial charge in [0.05, 0.1) is 0 Å². The first-order valence-electron chi connectivity index (χ1n) is 11.6. The third kappa shape index (κ3) is 5.56. The molecule has 0 N–H and O–H groups in total. The van der Waals surface area contributed by atoms with E-state index in [9.17, 15) is 0 Å². The molecule has 0 saturated carbocycles. The molecule has 1 aromatic carbocycles. The van der Waals surface area contributed by atoms with Crippen molar-refractivity contribution < 1.29 is 21.1 Å². The van der Waals surface area contributed by atoms with Crippen LogP contribution in [-0.2, 0) is 17.8 Å². The quantitative estimate of drug-likeness (QED) is 0.392. The molecule has 1 nitrogen and oxygen atoms in total. The Bertz CT molecular complexity index is 867. The van der Waals surface area contributed by atoms with Crippen LogP contribution < -0.4 is 8.51 Å². The summed E-state index contributed by atoms with van der Waals surface area (Å²) < 4.78 is 10.3. The van der Waals surface area contributed by atoms with Gasteiger partial charge in [0, 0.05) is 0 Å². The molecule has 1 aliphatic rings. The molecule has 1 aromatic rings. The first kappa shape index (κ1) is 25.6. The zero-order valence-corrected chi connectivity index (χ0v) is 24.0. The van der Waals surface area contributed by atoms with Gasteiger partial charge in [0.25, 0.3) is 0 Å². The second kappa shape index (κ2) is 9.43. The normalized spacial score (nSPS) is 15.0. The Morgan fingerprint density at radius 3 is 2.10 bits per heavy atom. The fourth-order valence-electron chi connectivity index (χ4n) is 4.06. The summed E-state index contributed by atoms with van der Waals surface area (Å²) in [5.41, 5.74) is 3.03. The van der Waals surface area contributed by atoms with E-state index < -0.39 is 25.9 Å². The molecule has 0 bridgehead atoms. The van der Waals surface area contributed by atoms with E-state index in [1.54, 1.807) is 7.69 Å². The summed E-state index contributed by atoms with van der Waals surface area (Å²) in [4.78, 5) is 0. The summed E-state index contributed by atoms with van der Waals surface area (Å²) in [6.07, 6.45) is 8.06. The van der Waals surface area contributed by atoms with E-state index in [0.717, 1.165) is 25.0 Å². The molecule has 0 saturated heterocycles. The van der Waals surface area contributed by atoms with Crippen LogP contribution in [0.3, 0.4) is 0 Å². The van der Waals surface area contributed by atoms with Crippen molar-refractivity contribution in [1.29, 1.82) is 0 Å². The fraction of sp³-hybridized carbons (Fsp3) is 0.593. The van der Waals surface area contributed by atoms with Crippen molar-refractivity contribution in [3.05, 3.63) is 45.4 Å². The van der Waals surface area contributed by atoms with Gasteiger partial charge in [-0.1, -0.05) is 0 Å². The third-order valence-corrected chi connectivity index (χ3v) is 16.9. The van der Waals surface area contributed by atoms with Gasteiger partial charge in [-0.3, -0.25) is 0 Å². The molecule has 0 radical (unpaired) electrons. The summed E-state index contributed by atoms with van der Waals surface area (Å²) in [5, 5.41) is 1.84. The van der Waals surface area contributed by atoms with Crippen LogP contribution in [0, 0.1) is 12.3 Å². The van der Waals surface area contributed by atoms with Gasteiger partial charge in [-0.05, 0) is 0 Å². The minimum absolute atomic E-state index is 0.176. The van der Waals surface area contributed by atoms with Crippen molar-refractivity contribution >= 4 is 17.1 Å². The number of hydrogen-bond acceptors (Lipinski definition) is 1. The van der Waals surface area contributed by atoms with Crippen LogP contribution in [0.2, 0.25) is 18.1 Å². The molecular formula is C27H44OSiTi. The van der Waals surface area contributed by atoms with Crippen LogP contribution in [0.4, 0.5) is 0 Å². The summed E-state index contributed by atoms with van der Waals surface area (Å²) in [6, 6.07) is 7.07. The van der Waals surface area contributed by atoms with Gasteiger partial charge in [0.15, 0.2) is 0 Å². The number of benzene rings is 1. The van der Waals surface area contributed by atoms with Crippen LogP contribution >= 0.6 is 0 Å². The van der Waals surface area contributed by atoms with Gasteiger partial charge in [-0.15, -0.1) is 0 Å². The van der Waals surface area contributed by atoms with Crippen LogP contribution in [0.25, 0.3) is 0 Å². The SMILES string of the molecule is CC[C](CC)=[Ti]([O]c1cc(C)cc([Si](C)(C)C(C)(C)C)c1)[C]1=C(C(C)(C)C)C=CC1. The maximum atomic E-state index is 7.05. The molecule has 3 heteroatoms. The van der Waals surface area contributed by atoms with Crippen LogP contribution in [0.1, 0.15) is 80.2 Å². The molecule has 2 rings (SSSR count). The van der Waals surface area contributed by atoms with E-state index in [0.29, 0.717) is 5.04 Å². The molecule has 0 heterocycles. The standard InChI is InChI=1S/C13H22OSi.C9H13.C5H10.Ti/c1-10-7-11(14)9-12(8-10)15(5,6)13(2,3)4;1-9(2,3)8-6-4-5-7-8;1-3-5-4-2;/h7-9,14H,1-6H3;4,6H,5H2,1-3H3;3-4H2,1-2H3;/q;;;+1/p-1. The van der Waals surface area contributed by atoms with E-state index in [1.165, 1.54) is 16.3 Å². The van der Waals surface area contributed by atoms with Gasteiger partial charge >= 0.3 is 194 Å². The summed E-state index contributed by atoms with van der Waals surface area (Å²) >= 11 is -2.02. The summed E-state index contributed by atoms with van der Waals surface area (Å²) in [6.45, 7) is 26.1. The van der Waals surface area contributed by atoms with Crippen LogP contribution in [0.15, 0.2) is 39.8 Å². The molecule has 0 amide bonds. The van der Waals surface area contributed by atoms with Crippen LogP contribution in [0.5, 0.6) is 5.75 Å². The van der Waals surface area contributed by atoms with E-state index in [2.05, 4.69) is 106 Å². The molecule has 1 aliphatic carbocycles. The van der Waals surface area contributed by atoms with Crippen molar-refractivity contribution in [2.45, 2.75) is 99.7 Å². The van der Waals surface area contributed by atoms with Gasteiger partial charge < -0.3 is 0 Å². The average molecular weight is 461 g/mol. The monoisotopic (exact) mass is 460 g/mol. The second-order valence-corrected chi connectivity index (χ2v) is 20.1. The Balaban J connectivity index is 2.60. The van der Waals surface area contributed by atoms with Crippen molar-refractivity contribution in [2.24, 2.45) is 5.41 Å². The third-order valence-electron chi connectivity index (χ3n) is 7.06. The topological polar surface area (TPSA) is 9.23 Å². The first-order chi connectivity index (χ1) is 13.7. The Hall–Kier alpha value is -0.699. The van der Waals surface area contributed by atoms with E-state index in [-0.39, 0.29) is 5.41 Å². The number of hydrogen-bond donors (Lipinski definition) is 0. The van der Waals surface area contributed by atoms with E-state index in [1.807, 2.05) is 0 Å². The molecule has 0 aliphatic heterocycles. The van der Waals surface area contributed by atoms with Gasteiger partial charge in [-0.2, -0.15) is 0 Å². The van der Waals surface area contributed by atoms with E-state index in [4.69, 9.17) is 3.32 Å². The molecule has 0 atom stereocenters. The molecular weight excluding hydrogens is 416 g/mol. The summed E-state index contributed by atoms with van der Waals surface area (Å²) in [5.74, 6) is 1.11. The zero-order valence-electron chi connectivity index (χ0n) is 21.4. The van der Waals surface area contributed by atoms with Crippen molar-refractivity contribution in [3.8, 4) is 5.75 Å². The maximum absolute atomic E-state index is 7.05. The predicted molar refractivity (Wildman–Crippen MR) is 134 cm³/mol. The van der Waals surface area contributed by atoms with Gasteiger partial charge in [-0.25, -0.2) is 0 Å². The number of allylic oxidation sites excluding steroid dienone is 4. The average Bonchev–Trinajstić information content (AvgIpc) is 3.10. The Morgan fingerprint density at radius 2 is 1.60 bits per heavy atom. The number of aryl methyl sites for hydroxylation is 1. The molecule has 0 aromatic heterocycles. The minimum atomic E-state index is -2.02. The number of rotatable bonds is 6. The molecule has 0 spiro atoms. The fourth-order valence-corrected chi connectivity index (χ4v) is 10.2.